The van der Waals surface area contributed by atoms with Crippen LogP contribution in [-0.4, -0.2) is 23.6 Å². The summed E-state index contributed by atoms with van der Waals surface area (Å²) in [6, 6.07) is 12.5. The molecule has 136 valence electrons. The van der Waals surface area contributed by atoms with Gasteiger partial charge in [0.25, 0.3) is 0 Å². The Morgan fingerprint density at radius 3 is 2.62 bits per heavy atom. The zero-order valence-corrected chi connectivity index (χ0v) is 15.1. The van der Waals surface area contributed by atoms with E-state index < -0.39 is 21.9 Å². The third-order valence-electron chi connectivity index (χ3n) is 3.73. The molecule has 1 atom stereocenters. The summed E-state index contributed by atoms with van der Waals surface area (Å²) in [5.74, 6) is -0.341. The molecule has 0 spiro atoms. The molecule has 0 saturated carbocycles. The number of aromatic amines is 1. The van der Waals surface area contributed by atoms with Crippen LogP contribution in [-0.2, 0) is 22.2 Å². The standard InChI is InChI=1S/C17H16ClFN4O2S/c18-14-8-12(6-7-15(14)19)10-26(24,25)23-16(9-17-20-11-21-22-17)13-4-2-1-3-5-13/h1-8,11,16,23H,9-10H2,(H,20,21,22). The maximum Gasteiger partial charge on any atom is 0.216 e. The van der Waals surface area contributed by atoms with Gasteiger partial charge in [-0.2, -0.15) is 5.10 Å². The molecule has 1 aromatic heterocycles. The molecule has 0 aliphatic heterocycles. The van der Waals surface area contributed by atoms with Gasteiger partial charge in [-0.3, -0.25) is 5.10 Å². The number of nitrogens with one attached hydrogen (secondary N) is 2. The Morgan fingerprint density at radius 1 is 1.19 bits per heavy atom. The third-order valence-corrected chi connectivity index (χ3v) is 5.37. The molecule has 0 fully saturated rings. The van der Waals surface area contributed by atoms with Crippen molar-refractivity contribution in [3.05, 3.63) is 82.6 Å². The van der Waals surface area contributed by atoms with Crippen molar-refractivity contribution in [3.8, 4) is 0 Å². The predicted molar refractivity (Wildman–Crippen MR) is 96.4 cm³/mol. The highest BCUT2D eigenvalue weighted by molar-refractivity contribution is 7.88. The van der Waals surface area contributed by atoms with E-state index in [9.17, 15) is 12.8 Å². The van der Waals surface area contributed by atoms with E-state index in [4.69, 9.17) is 11.6 Å². The van der Waals surface area contributed by atoms with Crippen LogP contribution in [0.15, 0.2) is 54.9 Å². The summed E-state index contributed by atoms with van der Waals surface area (Å²) >= 11 is 5.73. The van der Waals surface area contributed by atoms with Crippen LogP contribution < -0.4 is 4.72 Å². The van der Waals surface area contributed by atoms with Gasteiger partial charge < -0.3 is 0 Å². The molecule has 3 rings (SSSR count). The van der Waals surface area contributed by atoms with E-state index in [0.717, 1.165) is 11.6 Å². The number of aromatic nitrogens is 3. The smallest absolute Gasteiger partial charge is 0.216 e. The molecule has 0 bridgehead atoms. The van der Waals surface area contributed by atoms with E-state index in [-0.39, 0.29) is 10.8 Å². The van der Waals surface area contributed by atoms with E-state index in [0.29, 0.717) is 17.8 Å². The van der Waals surface area contributed by atoms with Crippen molar-refractivity contribution in [2.45, 2.75) is 18.2 Å². The summed E-state index contributed by atoms with van der Waals surface area (Å²) in [5.41, 5.74) is 1.19. The molecule has 0 aliphatic rings. The lowest BCUT2D eigenvalue weighted by molar-refractivity contribution is 0.549. The molecule has 6 nitrogen and oxygen atoms in total. The van der Waals surface area contributed by atoms with Crippen molar-refractivity contribution >= 4 is 21.6 Å². The van der Waals surface area contributed by atoms with E-state index in [1.165, 1.54) is 18.5 Å². The Labute approximate surface area is 155 Å². The fraction of sp³-hybridized carbons (Fsp3) is 0.176. The van der Waals surface area contributed by atoms with Crippen LogP contribution in [0.3, 0.4) is 0 Å². The van der Waals surface area contributed by atoms with Gasteiger partial charge in [0.2, 0.25) is 10.0 Å². The van der Waals surface area contributed by atoms with E-state index >= 15 is 0 Å². The molecule has 2 aromatic carbocycles. The molecule has 3 aromatic rings. The fourth-order valence-corrected chi connectivity index (χ4v) is 4.10. The lowest BCUT2D eigenvalue weighted by Gasteiger charge is -2.18. The van der Waals surface area contributed by atoms with Gasteiger partial charge in [0.05, 0.1) is 16.8 Å². The molecule has 0 saturated heterocycles. The minimum absolute atomic E-state index is 0.112. The molecule has 1 heterocycles. The minimum Gasteiger partial charge on any atom is -0.263 e. The lowest BCUT2D eigenvalue weighted by Crippen LogP contribution is -2.31. The van der Waals surface area contributed by atoms with Gasteiger partial charge in [0, 0.05) is 6.42 Å². The Hall–Kier alpha value is -2.29. The number of nitrogens with zero attached hydrogens (tertiary/aromatic N) is 2. The average molecular weight is 395 g/mol. The van der Waals surface area contributed by atoms with Crippen LogP contribution in [0.25, 0.3) is 0 Å². The van der Waals surface area contributed by atoms with Crippen molar-refractivity contribution < 1.29 is 12.8 Å². The summed E-state index contributed by atoms with van der Waals surface area (Å²) in [6.07, 6.45) is 1.68. The van der Waals surface area contributed by atoms with Crippen LogP contribution >= 0.6 is 11.6 Å². The second kappa shape index (κ2) is 7.94. The van der Waals surface area contributed by atoms with Crippen LogP contribution in [0.5, 0.6) is 0 Å². The van der Waals surface area contributed by atoms with Crippen LogP contribution in [0.1, 0.15) is 23.0 Å². The first-order valence-electron chi connectivity index (χ1n) is 7.76. The Morgan fingerprint density at radius 2 is 1.96 bits per heavy atom. The van der Waals surface area contributed by atoms with Gasteiger partial charge in [0.1, 0.15) is 18.0 Å². The summed E-state index contributed by atoms with van der Waals surface area (Å²) in [7, 11) is -3.71. The number of halogens is 2. The van der Waals surface area contributed by atoms with Crippen molar-refractivity contribution in [2.75, 3.05) is 0 Å². The topological polar surface area (TPSA) is 87.7 Å². The molecule has 0 aliphatic carbocycles. The van der Waals surface area contributed by atoms with Crippen molar-refractivity contribution in [2.24, 2.45) is 0 Å². The average Bonchev–Trinajstić information content (AvgIpc) is 3.11. The number of H-pyrrole nitrogens is 1. The van der Waals surface area contributed by atoms with Crippen LogP contribution in [0.4, 0.5) is 4.39 Å². The Bertz CT molecular complexity index is 966. The Kier molecular flexibility index (Phi) is 5.65. The van der Waals surface area contributed by atoms with Gasteiger partial charge in [0.15, 0.2) is 0 Å². The quantitative estimate of drug-likeness (QED) is 0.644. The largest absolute Gasteiger partial charge is 0.263 e. The number of rotatable bonds is 7. The summed E-state index contributed by atoms with van der Waals surface area (Å²) in [6.45, 7) is 0. The van der Waals surface area contributed by atoms with E-state index in [1.54, 1.807) is 0 Å². The van der Waals surface area contributed by atoms with Gasteiger partial charge in [-0.15, -0.1) is 0 Å². The minimum atomic E-state index is -3.71. The normalized spacial score (nSPS) is 12.8. The number of sulfonamides is 1. The second-order valence-electron chi connectivity index (χ2n) is 5.72. The molecule has 9 heteroatoms. The second-order valence-corrected chi connectivity index (χ2v) is 7.89. The molecular formula is C17H16ClFN4O2S. The molecule has 2 N–H and O–H groups in total. The maximum atomic E-state index is 13.3. The summed E-state index contributed by atoms with van der Waals surface area (Å²) < 4.78 is 41.2. The van der Waals surface area contributed by atoms with E-state index in [1.807, 2.05) is 30.3 Å². The first-order valence-corrected chi connectivity index (χ1v) is 9.79. The SMILES string of the molecule is O=S(=O)(Cc1ccc(F)c(Cl)c1)NC(Cc1ncn[nH]1)c1ccccc1. The molecular weight excluding hydrogens is 379 g/mol. The molecule has 0 amide bonds. The molecule has 0 radical (unpaired) electrons. The molecule has 1 unspecified atom stereocenters. The summed E-state index contributed by atoms with van der Waals surface area (Å²) in [4.78, 5) is 4.06. The first kappa shape index (κ1) is 18.5. The van der Waals surface area contributed by atoms with Crippen molar-refractivity contribution in [1.29, 1.82) is 0 Å². The van der Waals surface area contributed by atoms with Gasteiger partial charge >= 0.3 is 0 Å². The third kappa shape index (κ3) is 4.87. The fourth-order valence-electron chi connectivity index (χ4n) is 2.54. The predicted octanol–water partition coefficient (Wildman–Crippen LogP) is 3.00. The van der Waals surface area contributed by atoms with Gasteiger partial charge in [-0.25, -0.2) is 22.5 Å². The van der Waals surface area contributed by atoms with E-state index in [2.05, 4.69) is 19.9 Å². The number of benzene rings is 2. The highest BCUT2D eigenvalue weighted by atomic mass is 35.5. The zero-order chi connectivity index (χ0) is 18.6. The zero-order valence-electron chi connectivity index (χ0n) is 13.6. The summed E-state index contributed by atoms with van der Waals surface area (Å²) in [5, 5.41) is 6.41. The number of hydrogen-bond donors (Lipinski definition) is 2. The first-order chi connectivity index (χ1) is 12.4. The maximum absolute atomic E-state index is 13.3. The lowest BCUT2D eigenvalue weighted by atomic mass is 10.0. The van der Waals surface area contributed by atoms with Crippen LogP contribution in [0, 0.1) is 5.82 Å². The van der Waals surface area contributed by atoms with Crippen molar-refractivity contribution in [1.82, 2.24) is 19.9 Å². The Balaban J connectivity index is 1.81. The highest BCUT2D eigenvalue weighted by Crippen LogP contribution is 2.21. The monoisotopic (exact) mass is 394 g/mol. The van der Waals surface area contributed by atoms with Crippen molar-refractivity contribution in [3.63, 3.8) is 0 Å². The number of hydrogen-bond acceptors (Lipinski definition) is 4. The molecule has 26 heavy (non-hydrogen) atoms. The van der Waals surface area contributed by atoms with Gasteiger partial charge in [-0.05, 0) is 23.3 Å². The van der Waals surface area contributed by atoms with Gasteiger partial charge in [-0.1, -0.05) is 48.0 Å². The highest BCUT2D eigenvalue weighted by Gasteiger charge is 2.21. The van der Waals surface area contributed by atoms with Crippen LogP contribution in [0.2, 0.25) is 5.02 Å².